The van der Waals surface area contributed by atoms with Crippen molar-refractivity contribution in [3.05, 3.63) is 138 Å². The number of nitrogens with zero attached hydrogens (tertiary/aromatic N) is 1. The molecule has 0 amide bonds. The first kappa shape index (κ1) is 23.3. The van der Waals surface area contributed by atoms with Crippen molar-refractivity contribution in [3.8, 4) is 0 Å². The molecule has 0 aromatic heterocycles. The van der Waals surface area contributed by atoms with Gasteiger partial charge in [-0.05, 0) is 48.4 Å². The smallest absolute Gasteiger partial charge is 0.124 e. The van der Waals surface area contributed by atoms with E-state index in [-0.39, 0.29) is 11.9 Å². The SMILES string of the molecule is CCN([C@@H](C)CSc1cccc(F)c1)C(c1ccccc1)(c1ccccc1)c1ccccc1. The van der Waals surface area contributed by atoms with Crippen LogP contribution in [0, 0.1) is 5.82 Å². The van der Waals surface area contributed by atoms with Gasteiger partial charge in [-0.2, -0.15) is 0 Å². The Morgan fingerprint density at radius 2 is 1.21 bits per heavy atom. The maximum atomic E-state index is 13.7. The Labute approximate surface area is 201 Å². The second kappa shape index (κ2) is 10.8. The van der Waals surface area contributed by atoms with Gasteiger partial charge in [-0.1, -0.05) is 104 Å². The van der Waals surface area contributed by atoms with Gasteiger partial charge in [-0.3, -0.25) is 4.90 Å². The van der Waals surface area contributed by atoms with Crippen LogP contribution in [0.2, 0.25) is 0 Å². The van der Waals surface area contributed by atoms with Crippen molar-refractivity contribution >= 4 is 11.8 Å². The van der Waals surface area contributed by atoms with Crippen LogP contribution in [0.4, 0.5) is 4.39 Å². The molecule has 4 aromatic rings. The van der Waals surface area contributed by atoms with Crippen molar-refractivity contribution in [3.63, 3.8) is 0 Å². The van der Waals surface area contributed by atoms with Gasteiger partial charge >= 0.3 is 0 Å². The maximum Gasteiger partial charge on any atom is 0.124 e. The van der Waals surface area contributed by atoms with Gasteiger partial charge in [0, 0.05) is 16.7 Å². The van der Waals surface area contributed by atoms with E-state index in [0.29, 0.717) is 0 Å². The van der Waals surface area contributed by atoms with Crippen molar-refractivity contribution in [2.75, 3.05) is 12.3 Å². The second-order valence-corrected chi connectivity index (χ2v) is 9.31. The van der Waals surface area contributed by atoms with Crippen LogP contribution >= 0.6 is 11.8 Å². The van der Waals surface area contributed by atoms with Crippen molar-refractivity contribution in [2.45, 2.75) is 30.3 Å². The Morgan fingerprint density at radius 3 is 1.64 bits per heavy atom. The predicted molar refractivity (Wildman–Crippen MR) is 138 cm³/mol. The first-order valence-corrected chi connectivity index (χ1v) is 12.5. The Hall–Kier alpha value is -2.88. The van der Waals surface area contributed by atoms with Crippen LogP contribution in [0.1, 0.15) is 30.5 Å². The summed E-state index contributed by atoms with van der Waals surface area (Å²) in [5.41, 5.74) is 3.28. The van der Waals surface area contributed by atoms with Crippen LogP contribution in [0.25, 0.3) is 0 Å². The fraction of sp³-hybridized carbons (Fsp3) is 0.200. The third kappa shape index (κ3) is 4.90. The van der Waals surface area contributed by atoms with Crippen LogP contribution in [-0.4, -0.2) is 23.2 Å². The fourth-order valence-electron chi connectivity index (χ4n) is 4.78. The Morgan fingerprint density at radius 1 is 0.727 bits per heavy atom. The maximum absolute atomic E-state index is 13.7. The lowest BCUT2D eigenvalue weighted by molar-refractivity contribution is 0.127. The Bertz CT molecular complexity index is 1030. The summed E-state index contributed by atoms with van der Waals surface area (Å²) in [5, 5.41) is 0. The minimum absolute atomic E-state index is 0.188. The topological polar surface area (TPSA) is 3.24 Å². The highest BCUT2D eigenvalue weighted by molar-refractivity contribution is 7.99. The summed E-state index contributed by atoms with van der Waals surface area (Å²) in [6.07, 6.45) is 0. The summed E-state index contributed by atoms with van der Waals surface area (Å²) in [7, 11) is 0. The van der Waals surface area contributed by atoms with E-state index in [1.165, 1.54) is 22.8 Å². The van der Waals surface area contributed by atoms with Crippen molar-refractivity contribution in [1.82, 2.24) is 4.90 Å². The van der Waals surface area contributed by atoms with Crippen LogP contribution in [0.5, 0.6) is 0 Å². The lowest BCUT2D eigenvalue weighted by Gasteiger charge is -2.48. The molecule has 4 rings (SSSR count). The van der Waals surface area contributed by atoms with E-state index in [9.17, 15) is 4.39 Å². The molecule has 0 bridgehead atoms. The average molecular weight is 456 g/mol. The van der Waals surface area contributed by atoms with E-state index < -0.39 is 5.54 Å². The van der Waals surface area contributed by atoms with Crippen LogP contribution in [-0.2, 0) is 5.54 Å². The first-order chi connectivity index (χ1) is 16.2. The van der Waals surface area contributed by atoms with E-state index in [4.69, 9.17) is 0 Å². The van der Waals surface area contributed by atoms with E-state index in [0.717, 1.165) is 17.2 Å². The van der Waals surface area contributed by atoms with E-state index in [1.54, 1.807) is 23.9 Å². The highest BCUT2D eigenvalue weighted by Crippen LogP contribution is 2.43. The largest absolute Gasteiger partial charge is 0.283 e. The molecule has 0 N–H and O–H groups in total. The zero-order valence-corrected chi connectivity index (χ0v) is 20.0. The van der Waals surface area contributed by atoms with Gasteiger partial charge in [0.15, 0.2) is 0 Å². The third-order valence-corrected chi connectivity index (χ3v) is 7.40. The van der Waals surface area contributed by atoms with Crippen molar-refractivity contribution < 1.29 is 4.39 Å². The van der Waals surface area contributed by atoms with Crippen molar-refractivity contribution in [2.24, 2.45) is 0 Å². The molecule has 0 heterocycles. The van der Waals surface area contributed by atoms with Gasteiger partial charge in [0.05, 0.1) is 5.54 Å². The molecule has 0 aliphatic heterocycles. The van der Waals surface area contributed by atoms with Crippen LogP contribution in [0.15, 0.2) is 120 Å². The number of hydrogen-bond donors (Lipinski definition) is 0. The number of rotatable bonds is 9. The lowest BCUT2D eigenvalue weighted by Crippen LogP contribution is -2.52. The van der Waals surface area contributed by atoms with Crippen molar-refractivity contribution in [1.29, 1.82) is 0 Å². The van der Waals surface area contributed by atoms with E-state index in [1.807, 2.05) is 6.07 Å². The van der Waals surface area contributed by atoms with Crippen LogP contribution in [0.3, 0.4) is 0 Å². The number of hydrogen-bond acceptors (Lipinski definition) is 2. The Balaban J connectivity index is 1.83. The molecule has 0 radical (unpaired) electrons. The van der Waals surface area contributed by atoms with Gasteiger partial charge in [0.1, 0.15) is 5.82 Å². The molecule has 0 aliphatic carbocycles. The second-order valence-electron chi connectivity index (χ2n) is 8.21. The number of thioether (sulfide) groups is 1. The molecular formula is C30H30FNS. The van der Waals surface area contributed by atoms with Gasteiger partial charge in [-0.15, -0.1) is 11.8 Å². The highest BCUT2D eigenvalue weighted by atomic mass is 32.2. The summed E-state index contributed by atoms with van der Waals surface area (Å²) in [6, 6.07) is 39.4. The standard InChI is InChI=1S/C30H30FNS/c1-3-32(24(2)23-33-29-21-13-20-28(31)22-29)30(25-14-7-4-8-15-25,26-16-9-5-10-17-26)27-18-11-6-12-19-27/h4-22,24H,3,23H2,1-2H3/t24-/m0/s1. The molecule has 0 aliphatic rings. The summed E-state index contributed by atoms with van der Waals surface area (Å²) >= 11 is 1.71. The molecule has 1 atom stereocenters. The normalized spacial score (nSPS) is 12.6. The minimum atomic E-state index is -0.444. The average Bonchev–Trinajstić information content (AvgIpc) is 2.87. The molecule has 168 valence electrons. The Kier molecular flexibility index (Phi) is 7.64. The third-order valence-electron chi connectivity index (χ3n) is 6.17. The molecule has 0 saturated heterocycles. The lowest BCUT2D eigenvalue weighted by atomic mass is 9.75. The zero-order valence-electron chi connectivity index (χ0n) is 19.2. The first-order valence-electron chi connectivity index (χ1n) is 11.5. The number of halogens is 1. The monoisotopic (exact) mass is 455 g/mol. The molecule has 0 fully saturated rings. The summed E-state index contributed by atoms with van der Waals surface area (Å²) in [5.74, 6) is 0.665. The van der Waals surface area contributed by atoms with Gasteiger partial charge in [0.2, 0.25) is 0 Å². The molecule has 0 spiro atoms. The van der Waals surface area contributed by atoms with Crippen LogP contribution < -0.4 is 0 Å². The fourth-order valence-corrected chi connectivity index (χ4v) is 5.76. The quantitative estimate of drug-likeness (QED) is 0.189. The molecule has 3 heteroatoms. The molecule has 1 nitrogen and oxygen atoms in total. The van der Waals surface area contributed by atoms with E-state index in [2.05, 4.69) is 110 Å². The zero-order chi connectivity index (χ0) is 23.1. The van der Waals surface area contributed by atoms with Gasteiger partial charge in [-0.25, -0.2) is 4.39 Å². The molecule has 0 unspecified atom stereocenters. The summed E-state index contributed by atoms with van der Waals surface area (Å²) in [6.45, 7) is 5.37. The molecule has 0 saturated carbocycles. The van der Waals surface area contributed by atoms with E-state index >= 15 is 0 Å². The summed E-state index contributed by atoms with van der Waals surface area (Å²) in [4.78, 5) is 3.54. The summed E-state index contributed by atoms with van der Waals surface area (Å²) < 4.78 is 13.7. The minimum Gasteiger partial charge on any atom is -0.283 e. The predicted octanol–water partition coefficient (Wildman–Crippen LogP) is 7.62. The molecular weight excluding hydrogens is 425 g/mol. The highest BCUT2D eigenvalue weighted by Gasteiger charge is 2.43. The van der Waals surface area contributed by atoms with Gasteiger partial charge in [0.25, 0.3) is 0 Å². The number of benzene rings is 4. The van der Waals surface area contributed by atoms with Gasteiger partial charge < -0.3 is 0 Å². The molecule has 4 aromatic carbocycles. The molecule has 33 heavy (non-hydrogen) atoms.